The largest absolute Gasteiger partial charge is 0.368 e. The van der Waals surface area contributed by atoms with Gasteiger partial charge >= 0.3 is 0 Å². The molecular weight excluding hydrogens is 290 g/mol. The Kier molecular flexibility index (Phi) is 4.41. The predicted molar refractivity (Wildman–Crippen MR) is 91.9 cm³/mol. The smallest absolute Gasteiger partial charge is 0.222 e. The van der Waals surface area contributed by atoms with Gasteiger partial charge in [0.1, 0.15) is 0 Å². The molecule has 120 valence electrons. The van der Waals surface area contributed by atoms with Crippen LogP contribution in [0.4, 0.5) is 17.3 Å². The molecule has 1 aromatic heterocycles. The minimum absolute atomic E-state index is 0.140. The highest BCUT2D eigenvalue weighted by Gasteiger charge is 2.18. The average Bonchev–Trinajstić information content (AvgIpc) is 2.55. The summed E-state index contributed by atoms with van der Waals surface area (Å²) < 4.78 is 0. The van der Waals surface area contributed by atoms with Crippen LogP contribution in [-0.2, 0) is 4.79 Å². The number of anilines is 3. The molecule has 1 aromatic carbocycles. The van der Waals surface area contributed by atoms with Gasteiger partial charge in [0.2, 0.25) is 5.91 Å². The number of nitrogens with zero attached hydrogens (tertiary/aromatic N) is 4. The molecule has 1 aliphatic rings. The molecule has 0 bridgehead atoms. The molecule has 1 amide bonds. The van der Waals surface area contributed by atoms with E-state index in [1.54, 1.807) is 6.07 Å². The monoisotopic (exact) mass is 311 g/mol. The maximum Gasteiger partial charge on any atom is 0.222 e. The van der Waals surface area contributed by atoms with E-state index in [2.05, 4.69) is 56.5 Å². The number of carbonyl (C=O) groups is 1. The van der Waals surface area contributed by atoms with E-state index in [-0.39, 0.29) is 5.91 Å². The summed E-state index contributed by atoms with van der Waals surface area (Å²) in [6.07, 6.45) is 0. The normalized spacial score (nSPS) is 14.7. The molecule has 2 aromatic rings. The van der Waals surface area contributed by atoms with E-state index >= 15 is 0 Å². The molecule has 1 N–H and O–H groups in total. The first-order valence-corrected chi connectivity index (χ1v) is 7.80. The van der Waals surface area contributed by atoms with Gasteiger partial charge in [-0.3, -0.25) is 4.79 Å². The lowest BCUT2D eigenvalue weighted by atomic mass is 10.2. The van der Waals surface area contributed by atoms with Crippen molar-refractivity contribution in [3.8, 4) is 0 Å². The predicted octanol–water partition coefficient (Wildman–Crippen LogP) is 2.07. The van der Waals surface area contributed by atoms with E-state index in [4.69, 9.17) is 0 Å². The molecule has 2 heterocycles. The summed E-state index contributed by atoms with van der Waals surface area (Å²) in [4.78, 5) is 15.6. The summed E-state index contributed by atoms with van der Waals surface area (Å²) in [6.45, 7) is 7.30. The number of aryl methyl sites for hydroxylation is 1. The van der Waals surface area contributed by atoms with Crippen molar-refractivity contribution in [2.75, 3.05) is 41.3 Å². The third kappa shape index (κ3) is 3.77. The second-order valence-corrected chi connectivity index (χ2v) is 5.77. The summed E-state index contributed by atoms with van der Waals surface area (Å²) in [6, 6.07) is 12.3. The van der Waals surface area contributed by atoms with Crippen LogP contribution in [0.3, 0.4) is 0 Å². The Hall–Kier alpha value is -2.63. The Bertz CT molecular complexity index is 678. The molecule has 6 nitrogen and oxygen atoms in total. The summed E-state index contributed by atoms with van der Waals surface area (Å²) in [5.74, 6) is 1.20. The van der Waals surface area contributed by atoms with Gasteiger partial charge in [0, 0.05) is 38.8 Å². The number of amides is 1. The van der Waals surface area contributed by atoms with Crippen molar-refractivity contribution in [2.24, 2.45) is 0 Å². The van der Waals surface area contributed by atoms with Gasteiger partial charge in [-0.1, -0.05) is 12.1 Å². The molecule has 3 rings (SSSR count). The van der Waals surface area contributed by atoms with Gasteiger partial charge in [-0.05, 0) is 36.8 Å². The molecule has 1 fully saturated rings. The first kappa shape index (κ1) is 15.3. The van der Waals surface area contributed by atoms with Crippen LogP contribution in [-0.4, -0.2) is 42.3 Å². The third-order valence-corrected chi connectivity index (χ3v) is 3.93. The van der Waals surface area contributed by atoms with Crippen LogP contribution in [0.15, 0.2) is 36.4 Å². The minimum Gasteiger partial charge on any atom is -0.368 e. The zero-order valence-corrected chi connectivity index (χ0v) is 13.5. The zero-order chi connectivity index (χ0) is 16.2. The second kappa shape index (κ2) is 6.64. The summed E-state index contributed by atoms with van der Waals surface area (Å²) in [5, 5.41) is 10.9. The number of rotatable bonds is 3. The zero-order valence-electron chi connectivity index (χ0n) is 13.5. The molecular formula is C17H21N5O. The van der Waals surface area contributed by atoms with E-state index < -0.39 is 0 Å². The van der Waals surface area contributed by atoms with E-state index in [1.165, 1.54) is 18.2 Å². The van der Waals surface area contributed by atoms with Crippen LogP contribution in [0, 0.1) is 6.92 Å². The Labute approximate surface area is 136 Å². The Balaban J connectivity index is 1.61. The van der Waals surface area contributed by atoms with Gasteiger partial charge in [0.25, 0.3) is 0 Å². The number of benzene rings is 1. The Morgan fingerprint density at radius 2 is 1.78 bits per heavy atom. The van der Waals surface area contributed by atoms with E-state index in [0.29, 0.717) is 5.82 Å². The van der Waals surface area contributed by atoms with Gasteiger partial charge in [0.05, 0.1) is 0 Å². The quantitative estimate of drug-likeness (QED) is 0.940. The minimum atomic E-state index is -0.140. The second-order valence-electron chi connectivity index (χ2n) is 5.77. The van der Waals surface area contributed by atoms with Crippen molar-refractivity contribution in [2.45, 2.75) is 13.8 Å². The van der Waals surface area contributed by atoms with E-state index in [0.717, 1.165) is 32.0 Å². The molecule has 1 aliphatic heterocycles. The standard InChI is InChI=1S/C17H21N5O/c1-13-4-3-5-15(12-13)21-8-10-22(11-9-21)17-7-6-16(19-20-17)18-14(2)23/h3-7,12H,8-11H2,1-2H3,(H,18,19,23). The highest BCUT2D eigenvalue weighted by molar-refractivity contribution is 5.87. The number of hydrogen-bond donors (Lipinski definition) is 1. The number of hydrogen-bond acceptors (Lipinski definition) is 5. The molecule has 0 spiro atoms. The van der Waals surface area contributed by atoms with Gasteiger partial charge < -0.3 is 15.1 Å². The molecule has 0 unspecified atom stereocenters. The van der Waals surface area contributed by atoms with Crippen molar-refractivity contribution in [1.29, 1.82) is 0 Å². The Morgan fingerprint density at radius 1 is 1.04 bits per heavy atom. The summed E-state index contributed by atoms with van der Waals surface area (Å²) in [7, 11) is 0. The maximum atomic E-state index is 11.0. The Morgan fingerprint density at radius 3 is 2.39 bits per heavy atom. The average molecular weight is 311 g/mol. The number of nitrogens with one attached hydrogen (secondary N) is 1. The number of aromatic nitrogens is 2. The van der Waals surface area contributed by atoms with Gasteiger partial charge in [-0.2, -0.15) is 0 Å². The highest BCUT2D eigenvalue weighted by atomic mass is 16.1. The number of carbonyl (C=O) groups excluding carboxylic acids is 1. The van der Waals surface area contributed by atoms with Crippen LogP contribution < -0.4 is 15.1 Å². The van der Waals surface area contributed by atoms with Crippen LogP contribution in [0.2, 0.25) is 0 Å². The number of piperazine rings is 1. The lowest BCUT2D eigenvalue weighted by molar-refractivity contribution is -0.114. The highest BCUT2D eigenvalue weighted by Crippen LogP contribution is 2.20. The van der Waals surface area contributed by atoms with Gasteiger partial charge in [-0.25, -0.2) is 0 Å². The van der Waals surface area contributed by atoms with Crippen molar-refractivity contribution in [1.82, 2.24) is 10.2 Å². The van der Waals surface area contributed by atoms with Crippen LogP contribution in [0.5, 0.6) is 0 Å². The molecule has 6 heteroatoms. The van der Waals surface area contributed by atoms with Crippen molar-refractivity contribution in [3.63, 3.8) is 0 Å². The van der Waals surface area contributed by atoms with E-state index in [9.17, 15) is 4.79 Å². The summed E-state index contributed by atoms with van der Waals surface area (Å²) in [5.41, 5.74) is 2.56. The lowest BCUT2D eigenvalue weighted by Crippen LogP contribution is -2.46. The topological polar surface area (TPSA) is 61.4 Å². The fourth-order valence-electron chi connectivity index (χ4n) is 2.76. The molecule has 0 radical (unpaired) electrons. The SMILES string of the molecule is CC(=O)Nc1ccc(N2CCN(c3cccc(C)c3)CC2)nn1. The first-order chi connectivity index (χ1) is 11.1. The third-order valence-electron chi connectivity index (χ3n) is 3.93. The maximum absolute atomic E-state index is 11.0. The van der Waals surface area contributed by atoms with E-state index in [1.807, 2.05) is 6.07 Å². The van der Waals surface area contributed by atoms with Gasteiger partial charge in [-0.15, -0.1) is 10.2 Å². The van der Waals surface area contributed by atoms with Gasteiger partial charge in [0.15, 0.2) is 11.6 Å². The van der Waals surface area contributed by atoms with Crippen LogP contribution in [0.25, 0.3) is 0 Å². The summed E-state index contributed by atoms with van der Waals surface area (Å²) >= 11 is 0. The van der Waals surface area contributed by atoms with Crippen molar-refractivity contribution >= 4 is 23.2 Å². The first-order valence-electron chi connectivity index (χ1n) is 7.80. The molecule has 0 atom stereocenters. The fraction of sp³-hybridized carbons (Fsp3) is 0.353. The molecule has 1 saturated heterocycles. The lowest BCUT2D eigenvalue weighted by Gasteiger charge is -2.36. The van der Waals surface area contributed by atoms with Crippen molar-refractivity contribution < 1.29 is 4.79 Å². The fourth-order valence-corrected chi connectivity index (χ4v) is 2.76. The van der Waals surface area contributed by atoms with Crippen LogP contribution in [0.1, 0.15) is 12.5 Å². The van der Waals surface area contributed by atoms with Crippen LogP contribution >= 0.6 is 0 Å². The molecule has 23 heavy (non-hydrogen) atoms. The molecule has 0 aliphatic carbocycles. The molecule has 0 saturated carbocycles. The van der Waals surface area contributed by atoms with Crippen molar-refractivity contribution in [3.05, 3.63) is 42.0 Å².